The van der Waals surface area contributed by atoms with Gasteiger partial charge in [0.1, 0.15) is 0 Å². The van der Waals surface area contributed by atoms with Gasteiger partial charge in [0.05, 0.1) is 5.69 Å². The minimum absolute atomic E-state index is 0.975. The van der Waals surface area contributed by atoms with Crippen molar-refractivity contribution < 1.29 is 0 Å². The molecule has 0 fully saturated rings. The summed E-state index contributed by atoms with van der Waals surface area (Å²) in [6, 6.07) is 20.8. The molecule has 0 atom stereocenters. The van der Waals surface area contributed by atoms with E-state index in [1.54, 1.807) is 0 Å². The predicted molar refractivity (Wildman–Crippen MR) is 93.7 cm³/mol. The van der Waals surface area contributed by atoms with E-state index in [1.807, 2.05) is 36.5 Å². The highest BCUT2D eigenvalue weighted by atomic mass is 15.0. The summed E-state index contributed by atoms with van der Waals surface area (Å²) < 4.78 is 2.28. The zero-order chi connectivity index (χ0) is 15.5. The van der Waals surface area contributed by atoms with Gasteiger partial charge in [-0.25, -0.2) is 0 Å². The van der Waals surface area contributed by atoms with Gasteiger partial charge in [-0.2, -0.15) is 0 Å². The van der Waals surface area contributed by atoms with Crippen LogP contribution in [0, 0.1) is 20.8 Å². The number of para-hydroxylation sites is 1. The minimum atomic E-state index is 0.975. The molecule has 110 valence electrons. The molecule has 1 aromatic heterocycles. The van der Waals surface area contributed by atoms with Gasteiger partial charge >= 0.3 is 0 Å². The summed E-state index contributed by atoms with van der Waals surface area (Å²) in [6.45, 7) is 6.40. The van der Waals surface area contributed by atoms with Crippen molar-refractivity contribution in [2.45, 2.75) is 20.8 Å². The van der Waals surface area contributed by atoms with Crippen LogP contribution in [0.3, 0.4) is 0 Å². The minimum Gasteiger partial charge on any atom is -0.318 e. The predicted octanol–water partition coefficient (Wildman–Crippen LogP) is 5.15. The fraction of sp³-hybridized carbons (Fsp3) is 0.150. The molecule has 0 saturated carbocycles. The van der Waals surface area contributed by atoms with E-state index in [0.717, 1.165) is 11.3 Å². The van der Waals surface area contributed by atoms with E-state index in [0.29, 0.717) is 0 Å². The molecule has 3 aromatic rings. The lowest BCUT2D eigenvalue weighted by atomic mass is 10.2. The van der Waals surface area contributed by atoms with Crippen LogP contribution in [0.1, 0.15) is 22.5 Å². The lowest BCUT2D eigenvalue weighted by Crippen LogP contribution is -1.99. The number of aryl methyl sites for hydroxylation is 2. The lowest BCUT2D eigenvalue weighted by molar-refractivity contribution is 0.963. The maximum Gasteiger partial charge on any atom is 0.0629 e. The van der Waals surface area contributed by atoms with Gasteiger partial charge in [-0.1, -0.05) is 30.3 Å². The van der Waals surface area contributed by atoms with E-state index in [2.05, 4.69) is 60.7 Å². The Kier molecular flexibility index (Phi) is 3.92. The number of benzene rings is 2. The quantitative estimate of drug-likeness (QED) is 0.593. The van der Waals surface area contributed by atoms with Gasteiger partial charge in [0, 0.05) is 28.9 Å². The van der Waals surface area contributed by atoms with Crippen molar-refractivity contribution in [2.24, 2.45) is 4.99 Å². The van der Waals surface area contributed by atoms with Gasteiger partial charge in [0.15, 0.2) is 0 Å². The number of hydrogen-bond donors (Lipinski definition) is 0. The second-order valence-electron chi connectivity index (χ2n) is 5.59. The Labute approximate surface area is 131 Å². The highest BCUT2D eigenvalue weighted by Gasteiger charge is 2.09. The van der Waals surface area contributed by atoms with E-state index < -0.39 is 0 Å². The number of aliphatic imine (C=N–C) groups is 1. The average molecular weight is 288 g/mol. The third-order valence-electron chi connectivity index (χ3n) is 3.84. The molecule has 0 saturated heterocycles. The van der Waals surface area contributed by atoms with Gasteiger partial charge < -0.3 is 4.57 Å². The van der Waals surface area contributed by atoms with Crippen molar-refractivity contribution in [3.8, 4) is 5.69 Å². The Morgan fingerprint density at radius 1 is 0.864 bits per heavy atom. The molecule has 0 unspecified atom stereocenters. The van der Waals surface area contributed by atoms with Crippen LogP contribution in [0.15, 0.2) is 65.7 Å². The molecule has 0 radical (unpaired) electrons. The maximum atomic E-state index is 4.56. The Bertz CT molecular complexity index is 811. The summed E-state index contributed by atoms with van der Waals surface area (Å²) >= 11 is 0. The summed E-state index contributed by atoms with van der Waals surface area (Å²) in [5, 5.41) is 0. The highest BCUT2D eigenvalue weighted by molar-refractivity contribution is 5.84. The van der Waals surface area contributed by atoms with Crippen molar-refractivity contribution in [1.82, 2.24) is 4.57 Å². The largest absolute Gasteiger partial charge is 0.318 e. The van der Waals surface area contributed by atoms with Gasteiger partial charge in [0.2, 0.25) is 0 Å². The van der Waals surface area contributed by atoms with Crippen LogP contribution in [0.5, 0.6) is 0 Å². The molecule has 0 aliphatic rings. The fourth-order valence-electron chi connectivity index (χ4n) is 2.74. The Hall–Kier alpha value is -2.61. The SMILES string of the molecule is Cc1cccc(-n2c(C)cc(C=Nc3ccccc3)c2C)c1. The summed E-state index contributed by atoms with van der Waals surface area (Å²) in [7, 11) is 0. The molecule has 0 bridgehead atoms. The molecule has 0 N–H and O–H groups in total. The first-order chi connectivity index (χ1) is 10.6. The van der Waals surface area contributed by atoms with Crippen molar-refractivity contribution in [2.75, 3.05) is 0 Å². The Morgan fingerprint density at radius 2 is 1.64 bits per heavy atom. The topological polar surface area (TPSA) is 17.3 Å². The highest BCUT2D eigenvalue weighted by Crippen LogP contribution is 2.21. The average Bonchev–Trinajstić information content (AvgIpc) is 2.80. The van der Waals surface area contributed by atoms with Crippen molar-refractivity contribution in [1.29, 1.82) is 0 Å². The number of hydrogen-bond acceptors (Lipinski definition) is 1. The second-order valence-corrected chi connectivity index (χ2v) is 5.59. The molecule has 0 spiro atoms. The van der Waals surface area contributed by atoms with Crippen LogP contribution < -0.4 is 0 Å². The Morgan fingerprint density at radius 3 is 2.36 bits per heavy atom. The fourth-order valence-corrected chi connectivity index (χ4v) is 2.74. The summed E-state index contributed by atoms with van der Waals surface area (Å²) in [4.78, 5) is 4.56. The molecular formula is C20H20N2. The van der Waals surface area contributed by atoms with Crippen LogP contribution in [-0.4, -0.2) is 10.8 Å². The van der Waals surface area contributed by atoms with Crippen LogP contribution >= 0.6 is 0 Å². The van der Waals surface area contributed by atoms with Gasteiger partial charge in [-0.15, -0.1) is 0 Å². The summed E-state index contributed by atoms with van der Waals surface area (Å²) in [6.07, 6.45) is 1.95. The van der Waals surface area contributed by atoms with E-state index in [1.165, 1.54) is 22.6 Å². The molecule has 0 aliphatic carbocycles. The first kappa shape index (κ1) is 14.3. The number of rotatable bonds is 3. The normalized spacial score (nSPS) is 11.2. The standard InChI is InChI=1S/C20H20N2/c1-15-8-7-11-20(12-15)22-16(2)13-18(17(22)3)14-21-19-9-5-4-6-10-19/h4-14H,1-3H3. The Balaban J connectivity index is 1.99. The zero-order valence-electron chi connectivity index (χ0n) is 13.2. The van der Waals surface area contributed by atoms with Crippen LogP contribution in [0.25, 0.3) is 5.69 Å². The lowest BCUT2D eigenvalue weighted by Gasteiger charge is -2.10. The molecule has 2 aromatic carbocycles. The smallest absolute Gasteiger partial charge is 0.0629 e. The summed E-state index contributed by atoms with van der Waals surface area (Å²) in [5.41, 5.74) is 7.03. The molecule has 2 heteroatoms. The molecule has 22 heavy (non-hydrogen) atoms. The first-order valence-electron chi connectivity index (χ1n) is 7.50. The van der Waals surface area contributed by atoms with Crippen LogP contribution in [0.4, 0.5) is 5.69 Å². The molecule has 3 rings (SSSR count). The van der Waals surface area contributed by atoms with E-state index in [9.17, 15) is 0 Å². The van der Waals surface area contributed by atoms with Gasteiger partial charge in [-0.05, 0) is 56.7 Å². The third kappa shape index (κ3) is 2.86. The molecule has 0 aliphatic heterocycles. The summed E-state index contributed by atoms with van der Waals surface area (Å²) in [5.74, 6) is 0. The maximum absolute atomic E-state index is 4.56. The zero-order valence-corrected chi connectivity index (χ0v) is 13.2. The van der Waals surface area contributed by atoms with Crippen LogP contribution in [-0.2, 0) is 0 Å². The number of nitrogens with zero attached hydrogens (tertiary/aromatic N) is 2. The molecular weight excluding hydrogens is 268 g/mol. The second kappa shape index (κ2) is 6.02. The van der Waals surface area contributed by atoms with E-state index in [-0.39, 0.29) is 0 Å². The van der Waals surface area contributed by atoms with Crippen molar-refractivity contribution in [3.63, 3.8) is 0 Å². The number of aromatic nitrogens is 1. The van der Waals surface area contributed by atoms with E-state index in [4.69, 9.17) is 0 Å². The monoisotopic (exact) mass is 288 g/mol. The molecule has 1 heterocycles. The van der Waals surface area contributed by atoms with E-state index >= 15 is 0 Å². The van der Waals surface area contributed by atoms with Crippen molar-refractivity contribution >= 4 is 11.9 Å². The van der Waals surface area contributed by atoms with Gasteiger partial charge in [-0.3, -0.25) is 4.99 Å². The van der Waals surface area contributed by atoms with Gasteiger partial charge in [0.25, 0.3) is 0 Å². The molecule has 0 amide bonds. The van der Waals surface area contributed by atoms with Crippen molar-refractivity contribution in [3.05, 3.63) is 83.2 Å². The van der Waals surface area contributed by atoms with Crippen LogP contribution in [0.2, 0.25) is 0 Å². The first-order valence-corrected chi connectivity index (χ1v) is 7.50. The molecule has 2 nitrogen and oxygen atoms in total. The third-order valence-corrected chi connectivity index (χ3v) is 3.84.